The average molecular weight is 376 g/mol. The van der Waals surface area contributed by atoms with Crippen LogP contribution >= 0.6 is 11.8 Å². The second-order valence-electron chi connectivity index (χ2n) is 5.59. The summed E-state index contributed by atoms with van der Waals surface area (Å²) in [7, 11) is 0. The number of amides is 1. The number of rotatable bonds is 5. The van der Waals surface area contributed by atoms with E-state index < -0.39 is 23.1 Å². The molecule has 1 unspecified atom stereocenters. The van der Waals surface area contributed by atoms with Gasteiger partial charge in [-0.05, 0) is 29.5 Å². The Morgan fingerprint density at radius 1 is 1.04 bits per heavy atom. The molecule has 0 aliphatic heterocycles. The summed E-state index contributed by atoms with van der Waals surface area (Å²) < 4.78 is 38.0. The molecule has 7 heteroatoms. The lowest BCUT2D eigenvalue weighted by atomic mass is 10.00. The SMILES string of the molecule is O=C(Nc1cccc2cccnc12)C(CSC(F)(F)F)c1ccccc1. The molecule has 0 aliphatic rings. The zero-order chi connectivity index (χ0) is 18.6. The molecule has 0 radical (unpaired) electrons. The summed E-state index contributed by atoms with van der Waals surface area (Å²) >= 11 is -0.197. The van der Waals surface area contributed by atoms with Gasteiger partial charge in [-0.15, -0.1) is 0 Å². The van der Waals surface area contributed by atoms with E-state index in [-0.39, 0.29) is 11.8 Å². The molecule has 0 fully saturated rings. The Kier molecular flexibility index (Phi) is 5.46. The van der Waals surface area contributed by atoms with Crippen molar-refractivity contribution in [2.75, 3.05) is 11.1 Å². The van der Waals surface area contributed by atoms with Crippen molar-refractivity contribution in [3.8, 4) is 0 Å². The van der Waals surface area contributed by atoms with Crippen molar-refractivity contribution in [2.24, 2.45) is 0 Å². The van der Waals surface area contributed by atoms with Crippen LogP contribution in [0, 0.1) is 0 Å². The number of aromatic nitrogens is 1. The van der Waals surface area contributed by atoms with Gasteiger partial charge in [0.2, 0.25) is 5.91 Å². The van der Waals surface area contributed by atoms with Gasteiger partial charge < -0.3 is 5.32 Å². The largest absolute Gasteiger partial charge is 0.441 e. The molecule has 0 saturated heterocycles. The summed E-state index contributed by atoms with van der Waals surface area (Å²) in [6, 6.07) is 17.4. The first-order valence-electron chi connectivity index (χ1n) is 7.84. The third kappa shape index (κ3) is 4.54. The van der Waals surface area contributed by atoms with E-state index in [0.29, 0.717) is 16.8 Å². The van der Waals surface area contributed by atoms with Crippen LogP contribution in [-0.2, 0) is 4.79 Å². The smallest absolute Gasteiger partial charge is 0.324 e. The average Bonchev–Trinajstić information content (AvgIpc) is 2.62. The van der Waals surface area contributed by atoms with Gasteiger partial charge in [0.15, 0.2) is 0 Å². The van der Waals surface area contributed by atoms with Gasteiger partial charge in [0.05, 0.1) is 17.1 Å². The second-order valence-corrected chi connectivity index (χ2v) is 6.67. The fraction of sp³-hybridized carbons (Fsp3) is 0.158. The number of anilines is 1. The number of carbonyl (C=O) groups excluding carboxylic acids is 1. The zero-order valence-electron chi connectivity index (χ0n) is 13.5. The number of halogens is 3. The van der Waals surface area contributed by atoms with Gasteiger partial charge in [-0.1, -0.05) is 48.5 Å². The third-order valence-electron chi connectivity index (χ3n) is 3.82. The zero-order valence-corrected chi connectivity index (χ0v) is 14.3. The number of nitrogens with zero attached hydrogens (tertiary/aromatic N) is 1. The third-order valence-corrected chi connectivity index (χ3v) is 4.65. The van der Waals surface area contributed by atoms with Crippen molar-refractivity contribution in [3.63, 3.8) is 0 Å². The number of pyridine rings is 1. The molecule has 1 heterocycles. The molecule has 134 valence electrons. The highest BCUT2D eigenvalue weighted by Gasteiger charge is 2.32. The van der Waals surface area contributed by atoms with Crippen LogP contribution in [0.15, 0.2) is 66.9 Å². The summed E-state index contributed by atoms with van der Waals surface area (Å²) in [5, 5.41) is 3.58. The fourth-order valence-corrected chi connectivity index (χ4v) is 3.31. The maximum atomic E-state index is 12.8. The number of thioether (sulfide) groups is 1. The Morgan fingerprint density at radius 3 is 2.50 bits per heavy atom. The fourth-order valence-electron chi connectivity index (χ4n) is 2.61. The molecule has 0 saturated carbocycles. The van der Waals surface area contributed by atoms with Gasteiger partial charge >= 0.3 is 5.51 Å². The van der Waals surface area contributed by atoms with E-state index in [9.17, 15) is 18.0 Å². The number of alkyl halides is 3. The van der Waals surface area contributed by atoms with Crippen molar-refractivity contribution in [1.82, 2.24) is 4.98 Å². The van der Waals surface area contributed by atoms with Crippen LogP contribution in [0.5, 0.6) is 0 Å². The maximum Gasteiger partial charge on any atom is 0.441 e. The highest BCUT2D eigenvalue weighted by Crippen LogP contribution is 2.35. The van der Waals surface area contributed by atoms with Gasteiger partial charge in [-0.2, -0.15) is 13.2 Å². The molecule has 1 aromatic heterocycles. The van der Waals surface area contributed by atoms with Crippen LogP contribution in [0.4, 0.5) is 18.9 Å². The van der Waals surface area contributed by atoms with E-state index in [2.05, 4.69) is 10.3 Å². The molecule has 3 rings (SSSR count). The molecule has 0 spiro atoms. The highest BCUT2D eigenvalue weighted by molar-refractivity contribution is 8.00. The Bertz CT molecular complexity index is 895. The van der Waals surface area contributed by atoms with Gasteiger partial charge in [0.1, 0.15) is 0 Å². The number of hydrogen-bond donors (Lipinski definition) is 1. The van der Waals surface area contributed by atoms with Crippen molar-refractivity contribution < 1.29 is 18.0 Å². The van der Waals surface area contributed by atoms with Crippen molar-refractivity contribution >= 4 is 34.3 Å². The molecule has 1 atom stereocenters. The van der Waals surface area contributed by atoms with E-state index in [1.165, 1.54) is 0 Å². The van der Waals surface area contributed by atoms with Crippen molar-refractivity contribution in [1.29, 1.82) is 0 Å². The molecule has 3 aromatic rings. The topological polar surface area (TPSA) is 42.0 Å². The Balaban J connectivity index is 1.87. The lowest BCUT2D eigenvalue weighted by molar-refractivity contribution is -0.117. The molecular formula is C19H15F3N2OS. The predicted molar refractivity (Wildman–Crippen MR) is 98.1 cm³/mol. The van der Waals surface area contributed by atoms with Crippen molar-refractivity contribution in [2.45, 2.75) is 11.4 Å². The van der Waals surface area contributed by atoms with E-state index >= 15 is 0 Å². The first-order chi connectivity index (χ1) is 12.4. The Hall–Kier alpha value is -2.54. The molecule has 2 aromatic carbocycles. The van der Waals surface area contributed by atoms with Crippen LogP contribution in [0.1, 0.15) is 11.5 Å². The standard InChI is InChI=1S/C19H15F3N2OS/c20-19(21,22)26-12-15(13-6-2-1-3-7-13)18(25)24-16-10-4-8-14-9-5-11-23-17(14)16/h1-11,15H,12H2,(H,24,25). The predicted octanol–water partition coefficient (Wildman–Crippen LogP) is 5.21. The van der Waals surface area contributed by atoms with Gasteiger partial charge in [0, 0.05) is 17.3 Å². The number of benzene rings is 2. The lowest BCUT2D eigenvalue weighted by Crippen LogP contribution is -2.24. The first kappa shape index (κ1) is 18.3. The number of fused-ring (bicyclic) bond motifs is 1. The number of para-hydroxylation sites is 1. The monoisotopic (exact) mass is 376 g/mol. The van der Waals surface area contributed by atoms with Crippen LogP contribution in [-0.4, -0.2) is 22.2 Å². The van der Waals surface area contributed by atoms with Crippen LogP contribution < -0.4 is 5.32 Å². The van der Waals surface area contributed by atoms with Gasteiger partial charge in [-0.25, -0.2) is 0 Å². The summed E-state index contributed by atoms with van der Waals surface area (Å²) in [4.78, 5) is 17.0. The van der Waals surface area contributed by atoms with Gasteiger partial charge in [0.25, 0.3) is 0 Å². The molecule has 26 heavy (non-hydrogen) atoms. The minimum Gasteiger partial charge on any atom is -0.324 e. The number of carbonyl (C=O) groups is 1. The molecular weight excluding hydrogens is 361 g/mol. The summed E-state index contributed by atoms with van der Waals surface area (Å²) in [6.07, 6.45) is 1.60. The Labute approximate surface area is 152 Å². The molecule has 0 bridgehead atoms. The molecule has 3 nitrogen and oxygen atoms in total. The molecule has 1 N–H and O–H groups in total. The normalized spacial score (nSPS) is 12.7. The van der Waals surface area contributed by atoms with Gasteiger partial charge in [-0.3, -0.25) is 9.78 Å². The minimum absolute atomic E-state index is 0.197. The van der Waals surface area contributed by atoms with Crippen LogP contribution in [0.3, 0.4) is 0 Å². The van der Waals surface area contributed by atoms with Crippen LogP contribution in [0.25, 0.3) is 10.9 Å². The number of nitrogens with one attached hydrogen (secondary N) is 1. The highest BCUT2D eigenvalue weighted by atomic mass is 32.2. The van der Waals surface area contributed by atoms with Crippen molar-refractivity contribution in [3.05, 3.63) is 72.4 Å². The second kappa shape index (κ2) is 7.78. The van der Waals surface area contributed by atoms with E-state index in [4.69, 9.17) is 0 Å². The first-order valence-corrected chi connectivity index (χ1v) is 8.83. The molecule has 0 aliphatic carbocycles. The lowest BCUT2D eigenvalue weighted by Gasteiger charge is -2.18. The van der Waals surface area contributed by atoms with Crippen LogP contribution in [0.2, 0.25) is 0 Å². The minimum atomic E-state index is -4.39. The molecule has 1 amide bonds. The summed E-state index contributed by atoms with van der Waals surface area (Å²) in [5.74, 6) is -1.81. The quantitative estimate of drug-likeness (QED) is 0.665. The van der Waals surface area contributed by atoms with E-state index in [1.807, 2.05) is 12.1 Å². The maximum absolute atomic E-state index is 12.8. The number of hydrogen-bond acceptors (Lipinski definition) is 3. The summed E-state index contributed by atoms with van der Waals surface area (Å²) in [5.41, 5.74) is -2.78. The van der Waals surface area contributed by atoms with E-state index in [0.717, 1.165) is 5.39 Å². The summed E-state index contributed by atoms with van der Waals surface area (Å²) in [6.45, 7) is 0. The van der Waals surface area contributed by atoms with E-state index in [1.54, 1.807) is 54.7 Å². The Morgan fingerprint density at radius 2 is 1.77 bits per heavy atom.